The zero-order valence-corrected chi connectivity index (χ0v) is 25.1. The van der Waals surface area contributed by atoms with Crippen LogP contribution in [0.4, 0.5) is 5.69 Å². The molecule has 226 valence electrons. The lowest BCUT2D eigenvalue weighted by Crippen LogP contribution is -2.40. The van der Waals surface area contributed by atoms with Crippen LogP contribution in [0.5, 0.6) is 5.75 Å². The molecule has 0 aliphatic heterocycles. The maximum Gasteiger partial charge on any atom is 0.252 e. The molecule has 9 heteroatoms. The Morgan fingerprint density at radius 3 is 1.98 bits per heavy atom. The SMILES string of the molecule is NC(N)=Nc1ccc(CNC(=O)[C@@H](NC(=O)c2ccc(-c3ccc(Cl)cc3)cc2)c2ccc(OCc3ccccc3)cc2)cc1. The number of nitrogens with one attached hydrogen (secondary N) is 2. The predicted octanol–water partition coefficient (Wildman–Crippen LogP) is 6.28. The second-order valence-electron chi connectivity index (χ2n) is 10.3. The minimum atomic E-state index is -0.961. The second-order valence-corrected chi connectivity index (χ2v) is 10.7. The Morgan fingerprint density at radius 2 is 1.36 bits per heavy atom. The highest BCUT2D eigenvalue weighted by atomic mass is 35.5. The van der Waals surface area contributed by atoms with Gasteiger partial charge in [0.1, 0.15) is 18.4 Å². The summed E-state index contributed by atoms with van der Waals surface area (Å²) in [4.78, 5) is 30.9. The minimum absolute atomic E-state index is 0.0364. The molecule has 6 N–H and O–H groups in total. The lowest BCUT2D eigenvalue weighted by molar-refractivity contribution is -0.123. The molecule has 5 aromatic rings. The van der Waals surface area contributed by atoms with Gasteiger partial charge in [0.15, 0.2) is 5.96 Å². The van der Waals surface area contributed by atoms with E-state index < -0.39 is 6.04 Å². The quantitative estimate of drug-likeness (QED) is 0.102. The van der Waals surface area contributed by atoms with Gasteiger partial charge in [0.25, 0.3) is 5.91 Å². The number of hydrogen-bond donors (Lipinski definition) is 4. The Bertz CT molecular complexity index is 1750. The minimum Gasteiger partial charge on any atom is -0.489 e. The van der Waals surface area contributed by atoms with Crippen molar-refractivity contribution in [2.24, 2.45) is 16.5 Å². The number of halogens is 1. The molecule has 1 atom stereocenters. The van der Waals surface area contributed by atoms with Crippen LogP contribution in [0.3, 0.4) is 0 Å². The second kappa shape index (κ2) is 14.7. The number of carbonyl (C=O) groups is 2. The van der Waals surface area contributed by atoms with Crippen molar-refractivity contribution in [2.75, 3.05) is 0 Å². The number of ether oxygens (including phenoxy) is 1. The summed E-state index contributed by atoms with van der Waals surface area (Å²) in [6.07, 6.45) is 0. The molecule has 0 saturated heterocycles. The number of benzene rings is 5. The molecule has 5 aromatic carbocycles. The first-order valence-electron chi connectivity index (χ1n) is 14.2. The van der Waals surface area contributed by atoms with Crippen molar-refractivity contribution in [3.8, 4) is 16.9 Å². The fraction of sp³-hybridized carbons (Fsp3) is 0.0833. The average Bonchev–Trinajstić information content (AvgIpc) is 3.06. The van der Waals surface area contributed by atoms with Crippen molar-refractivity contribution in [3.05, 3.63) is 155 Å². The average molecular weight is 618 g/mol. The van der Waals surface area contributed by atoms with E-state index in [9.17, 15) is 9.59 Å². The van der Waals surface area contributed by atoms with Crippen molar-refractivity contribution in [1.29, 1.82) is 0 Å². The Morgan fingerprint density at radius 1 is 0.733 bits per heavy atom. The standard InChI is InChI=1S/C36H32ClN5O3/c37-30-16-12-27(13-17-30)26-8-10-29(11-9-26)34(43)42-33(35(44)40-22-24-6-18-31(19-7-24)41-36(38)39)28-14-20-32(21-15-28)45-23-25-4-2-1-3-5-25/h1-21,33H,22-23H2,(H,40,44)(H,42,43)(H4,38,39,41)/t33-/m0/s1. The first-order chi connectivity index (χ1) is 21.8. The van der Waals surface area contributed by atoms with Crippen LogP contribution in [-0.4, -0.2) is 17.8 Å². The zero-order chi connectivity index (χ0) is 31.6. The smallest absolute Gasteiger partial charge is 0.252 e. The van der Waals surface area contributed by atoms with Crippen LogP contribution in [-0.2, 0) is 17.9 Å². The fourth-order valence-electron chi connectivity index (χ4n) is 4.60. The maximum absolute atomic E-state index is 13.5. The van der Waals surface area contributed by atoms with E-state index in [1.807, 2.05) is 78.9 Å². The van der Waals surface area contributed by atoms with Crippen LogP contribution in [0.1, 0.15) is 33.1 Å². The molecule has 0 aromatic heterocycles. The van der Waals surface area contributed by atoms with Gasteiger partial charge in [-0.15, -0.1) is 0 Å². The number of carbonyl (C=O) groups excluding carboxylic acids is 2. The number of amides is 2. The number of nitrogens with two attached hydrogens (primary N) is 2. The van der Waals surface area contributed by atoms with Crippen LogP contribution in [0, 0.1) is 0 Å². The van der Waals surface area contributed by atoms with Gasteiger partial charge < -0.3 is 26.8 Å². The van der Waals surface area contributed by atoms with Gasteiger partial charge in [0.2, 0.25) is 5.91 Å². The Hall–Kier alpha value is -5.60. The zero-order valence-electron chi connectivity index (χ0n) is 24.3. The molecule has 0 bridgehead atoms. The summed E-state index contributed by atoms with van der Waals surface area (Å²) in [7, 11) is 0. The molecule has 0 aliphatic carbocycles. The third kappa shape index (κ3) is 8.72. The van der Waals surface area contributed by atoms with Crippen molar-refractivity contribution >= 4 is 35.1 Å². The molecular weight excluding hydrogens is 586 g/mol. The van der Waals surface area contributed by atoms with E-state index in [2.05, 4.69) is 15.6 Å². The third-order valence-corrected chi connectivity index (χ3v) is 7.24. The van der Waals surface area contributed by atoms with E-state index in [-0.39, 0.29) is 24.3 Å². The molecule has 0 unspecified atom stereocenters. The van der Waals surface area contributed by atoms with E-state index in [0.29, 0.717) is 34.2 Å². The molecular formula is C36H32ClN5O3. The third-order valence-electron chi connectivity index (χ3n) is 6.99. The molecule has 2 amide bonds. The topological polar surface area (TPSA) is 132 Å². The predicted molar refractivity (Wildman–Crippen MR) is 178 cm³/mol. The largest absolute Gasteiger partial charge is 0.489 e. The summed E-state index contributed by atoms with van der Waals surface area (Å²) >= 11 is 6.01. The number of aliphatic imine (C=N–C) groups is 1. The highest BCUT2D eigenvalue weighted by Gasteiger charge is 2.23. The van der Waals surface area contributed by atoms with Gasteiger partial charge >= 0.3 is 0 Å². The van der Waals surface area contributed by atoms with Crippen LogP contribution < -0.4 is 26.8 Å². The van der Waals surface area contributed by atoms with Crippen LogP contribution in [0.2, 0.25) is 5.02 Å². The molecule has 0 spiro atoms. The van der Waals surface area contributed by atoms with Gasteiger partial charge in [-0.2, -0.15) is 0 Å². The maximum atomic E-state index is 13.5. The molecule has 0 saturated carbocycles. The molecule has 0 fully saturated rings. The van der Waals surface area contributed by atoms with Gasteiger partial charge in [-0.3, -0.25) is 9.59 Å². The van der Waals surface area contributed by atoms with Gasteiger partial charge in [0.05, 0.1) is 5.69 Å². The van der Waals surface area contributed by atoms with Gasteiger partial charge in [-0.1, -0.05) is 90.5 Å². The lowest BCUT2D eigenvalue weighted by Gasteiger charge is -2.20. The Balaban J connectivity index is 1.31. The molecule has 0 heterocycles. The highest BCUT2D eigenvalue weighted by molar-refractivity contribution is 6.30. The van der Waals surface area contributed by atoms with Crippen LogP contribution in [0.15, 0.2) is 132 Å². The Kier molecular flexibility index (Phi) is 10.1. The summed E-state index contributed by atoms with van der Waals surface area (Å²) < 4.78 is 5.91. The van der Waals surface area contributed by atoms with Crippen LogP contribution >= 0.6 is 11.6 Å². The summed E-state index contributed by atoms with van der Waals surface area (Å²) in [6.45, 7) is 0.649. The van der Waals surface area contributed by atoms with E-state index in [0.717, 1.165) is 22.3 Å². The van der Waals surface area contributed by atoms with Gasteiger partial charge in [-0.25, -0.2) is 4.99 Å². The molecule has 45 heavy (non-hydrogen) atoms. The first-order valence-corrected chi connectivity index (χ1v) is 14.6. The number of rotatable bonds is 11. The number of guanidine groups is 1. The van der Waals surface area contributed by atoms with Crippen molar-refractivity contribution in [1.82, 2.24) is 10.6 Å². The van der Waals surface area contributed by atoms with Gasteiger partial charge in [-0.05, 0) is 76.3 Å². The molecule has 8 nitrogen and oxygen atoms in total. The van der Waals surface area contributed by atoms with Gasteiger partial charge in [0, 0.05) is 17.1 Å². The van der Waals surface area contributed by atoms with Crippen molar-refractivity contribution in [2.45, 2.75) is 19.2 Å². The van der Waals surface area contributed by atoms with Crippen molar-refractivity contribution in [3.63, 3.8) is 0 Å². The summed E-state index contributed by atoms with van der Waals surface area (Å²) in [6, 6.07) is 37.8. The number of nitrogens with zero attached hydrogens (tertiary/aromatic N) is 1. The lowest BCUT2D eigenvalue weighted by atomic mass is 10.0. The van der Waals surface area contributed by atoms with E-state index in [4.69, 9.17) is 27.8 Å². The molecule has 5 rings (SSSR count). The normalized spacial score (nSPS) is 11.2. The summed E-state index contributed by atoms with van der Waals surface area (Å²) in [5.41, 5.74) is 16.3. The first kappa shape index (κ1) is 30.8. The number of hydrogen-bond acceptors (Lipinski definition) is 4. The summed E-state index contributed by atoms with van der Waals surface area (Å²) in [5, 5.41) is 6.49. The monoisotopic (exact) mass is 617 g/mol. The van der Waals surface area contributed by atoms with Crippen LogP contribution in [0.25, 0.3) is 11.1 Å². The Labute approximate surface area is 266 Å². The molecule has 0 radical (unpaired) electrons. The van der Waals surface area contributed by atoms with E-state index in [1.54, 1.807) is 48.5 Å². The fourth-order valence-corrected chi connectivity index (χ4v) is 4.72. The van der Waals surface area contributed by atoms with Crippen molar-refractivity contribution < 1.29 is 14.3 Å². The summed E-state index contributed by atoms with van der Waals surface area (Å²) in [5.74, 6) is -0.145. The molecule has 0 aliphatic rings. The highest BCUT2D eigenvalue weighted by Crippen LogP contribution is 2.24. The van der Waals surface area contributed by atoms with E-state index >= 15 is 0 Å². The van der Waals surface area contributed by atoms with E-state index in [1.165, 1.54) is 0 Å².